The van der Waals surface area contributed by atoms with Gasteiger partial charge in [0, 0.05) is 0 Å². The highest BCUT2D eigenvalue weighted by Gasteiger charge is 2.12. The van der Waals surface area contributed by atoms with Crippen molar-refractivity contribution in [3.63, 3.8) is 0 Å². The molecule has 0 aliphatic heterocycles. The van der Waals surface area contributed by atoms with Gasteiger partial charge in [0.2, 0.25) is 5.95 Å². The second-order valence-electron chi connectivity index (χ2n) is 2.96. The predicted molar refractivity (Wildman–Crippen MR) is 52.0 cm³/mol. The first-order chi connectivity index (χ1) is 7.61. The second-order valence-corrected chi connectivity index (χ2v) is 2.96. The van der Waals surface area contributed by atoms with Gasteiger partial charge >= 0.3 is 6.09 Å². The second kappa shape index (κ2) is 3.76. The van der Waals surface area contributed by atoms with E-state index in [0.717, 1.165) is 6.07 Å². The van der Waals surface area contributed by atoms with E-state index in [1.165, 1.54) is 13.2 Å². The molecule has 0 atom stereocenters. The zero-order valence-electron chi connectivity index (χ0n) is 8.17. The molecule has 0 bridgehead atoms. The minimum absolute atomic E-state index is 0.00801. The monoisotopic (exact) mass is 227 g/mol. The fourth-order valence-corrected chi connectivity index (χ4v) is 1.22. The number of aromatic nitrogens is 2. The highest BCUT2D eigenvalue weighted by molar-refractivity contribution is 5.86. The van der Waals surface area contributed by atoms with Crippen molar-refractivity contribution in [2.75, 3.05) is 12.4 Å². The zero-order valence-corrected chi connectivity index (χ0v) is 8.17. The van der Waals surface area contributed by atoms with Crippen molar-refractivity contribution >= 4 is 23.1 Å². The van der Waals surface area contributed by atoms with Crippen LogP contribution in [0.15, 0.2) is 12.1 Å². The van der Waals surface area contributed by atoms with Crippen molar-refractivity contribution in [3.05, 3.63) is 23.8 Å². The molecule has 16 heavy (non-hydrogen) atoms. The Morgan fingerprint density at radius 1 is 1.50 bits per heavy atom. The van der Waals surface area contributed by atoms with E-state index in [0.29, 0.717) is 0 Å². The number of aromatic amines is 1. The summed E-state index contributed by atoms with van der Waals surface area (Å²) in [6.07, 6.45) is -0.750. The molecule has 1 amide bonds. The number of carbonyl (C=O) groups excluding carboxylic acids is 1. The first-order valence-corrected chi connectivity index (χ1v) is 4.30. The molecule has 0 aliphatic carbocycles. The van der Waals surface area contributed by atoms with Crippen LogP contribution in [0, 0.1) is 11.6 Å². The van der Waals surface area contributed by atoms with E-state index in [4.69, 9.17) is 0 Å². The molecule has 0 spiro atoms. The largest absolute Gasteiger partial charge is 0.453 e. The number of methoxy groups -OCH3 is 1. The summed E-state index contributed by atoms with van der Waals surface area (Å²) in [5, 5.41) is 2.21. The molecule has 1 aromatic carbocycles. The van der Waals surface area contributed by atoms with E-state index < -0.39 is 17.7 Å². The Hall–Kier alpha value is -2.18. The normalized spacial score (nSPS) is 10.4. The van der Waals surface area contributed by atoms with Crippen molar-refractivity contribution in [2.24, 2.45) is 0 Å². The quantitative estimate of drug-likeness (QED) is 0.783. The fourth-order valence-electron chi connectivity index (χ4n) is 1.22. The number of nitrogens with zero attached hydrogens (tertiary/aromatic N) is 1. The van der Waals surface area contributed by atoms with Gasteiger partial charge in [-0.2, -0.15) is 0 Å². The van der Waals surface area contributed by atoms with Gasteiger partial charge in [0.1, 0.15) is 5.52 Å². The van der Waals surface area contributed by atoms with E-state index in [9.17, 15) is 13.6 Å². The molecule has 0 fully saturated rings. The molecular weight excluding hydrogens is 220 g/mol. The molecule has 7 heteroatoms. The number of anilines is 1. The number of imidazole rings is 1. The number of hydrogen-bond donors (Lipinski definition) is 2. The third-order valence-electron chi connectivity index (χ3n) is 1.95. The molecule has 2 rings (SSSR count). The minimum Gasteiger partial charge on any atom is -0.453 e. The lowest BCUT2D eigenvalue weighted by Crippen LogP contribution is -2.11. The molecule has 1 aromatic heterocycles. The van der Waals surface area contributed by atoms with Crippen LogP contribution >= 0.6 is 0 Å². The van der Waals surface area contributed by atoms with E-state index in [2.05, 4.69) is 20.0 Å². The molecule has 0 radical (unpaired) electrons. The van der Waals surface area contributed by atoms with Crippen LogP contribution in [0.3, 0.4) is 0 Å². The number of ether oxygens (including phenoxy) is 1. The van der Waals surface area contributed by atoms with Gasteiger partial charge in [-0.05, 0) is 12.1 Å². The summed E-state index contributed by atoms with van der Waals surface area (Å²) >= 11 is 0. The Balaban J connectivity index is 2.44. The SMILES string of the molecule is COC(=O)Nc1nc2c(F)c(F)ccc2[nH]1. The summed E-state index contributed by atoms with van der Waals surface area (Å²) in [5.41, 5.74) is 0.108. The molecule has 0 unspecified atom stereocenters. The predicted octanol–water partition coefficient (Wildman–Crippen LogP) is 2.02. The molecule has 84 valence electrons. The van der Waals surface area contributed by atoms with Crippen LogP contribution in [0.1, 0.15) is 0 Å². The van der Waals surface area contributed by atoms with Gasteiger partial charge in [0.15, 0.2) is 11.6 Å². The third kappa shape index (κ3) is 1.67. The lowest BCUT2D eigenvalue weighted by molar-refractivity contribution is 0.186. The van der Waals surface area contributed by atoms with Crippen molar-refractivity contribution in [3.8, 4) is 0 Å². The number of carbonyl (C=O) groups is 1. The molecular formula is C9H7F2N3O2. The first-order valence-electron chi connectivity index (χ1n) is 4.30. The van der Waals surface area contributed by atoms with Crippen LogP contribution in [0.25, 0.3) is 11.0 Å². The zero-order chi connectivity index (χ0) is 11.7. The Bertz CT molecular complexity index is 553. The summed E-state index contributed by atoms with van der Waals surface area (Å²) in [7, 11) is 1.18. The fraction of sp³-hybridized carbons (Fsp3) is 0.111. The number of rotatable bonds is 1. The summed E-state index contributed by atoms with van der Waals surface area (Å²) in [5.74, 6) is -2.07. The molecule has 2 aromatic rings. The van der Waals surface area contributed by atoms with Crippen LogP contribution in [0.2, 0.25) is 0 Å². The Morgan fingerprint density at radius 2 is 2.25 bits per heavy atom. The van der Waals surface area contributed by atoms with Gasteiger partial charge in [0.25, 0.3) is 0 Å². The Kier molecular flexibility index (Phi) is 2.43. The average molecular weight is 227 g/mol. The van der Waals surface area contributed by atoms with Gasteiger partial charge in [0.05, 0.1) is 12.6 Å². The highest BCUT2D eigenvalue weighted by Crippen LogP contribution is 2.19. The van der Waals surface area contributed by atoms with Gasteiger partial charge in [-0.25, -0.2) is 18.6 Å². The first kappa shape index (κ1) is 10.3. The van der Waals surface area contributed by atoms with E-state index in [-0.39, 0.29) is 17.0 Å². The maximum absolute atomic E-state index is 13.2. The number of benzene rings is 1. The van der Waals surface area contributed by atoms with Crippen LogP contribution in [0.4, 0.5) is 19.5 Å². The number of hydrogen-bond acceptors (Lipinski definition) is 3. The summed E-state index contributed by atoms with van der Waals surface area (Å²) < 4.78 is 30.4. The highest BCUT2D eigenvalue weighted by atomic mass is 19.2. The van der Waals surface area contributed by atoms with Crippen molar-refractivity contribution < 1.29 is 18.3 Å². The number of nitrogens with one attached hydrogen (secondary N) is 2. The van der Waals surface area contributed by atoms with Crippen LogP contribution in [-0.2, 0) is 4.74 Å². The Labute approximate surface area is 88.4 Å². The standard InChI is InChI=1S/C9H7F2N3O2/c1-16-9(15)14-8-12-5-3-2-4(10)6(11)7(5)13-8/h2-3H,1H3,(H2,12,13,14,15). The molecule has 0 aliphatic rings. The van der Waals surface area contributed by atoms with Gasteiger partial charge in [-0.3, -0.25) is 5.32 Å². The topological polar surface area (TPSA) is 67.0 Å². The van der Waals surface area contributed by atoms with Gasteiger partial charge in [-0.1, -0.05) is 0 Å². The molecule has 5 nitrogen and oxygen atoms in total. The number of amides is 1. The van der Waals surface area contributed by atoms with Crippen molar-refractivity contribution in [1.82, 2.24) is 9.97 Å². The lowest BCUT2D eigenvalue weighted by atomic mass is 10.3. The molecule has 1 heterocycles. The number of H-pyrrole nitrogens is 1. The third-order valence-corrected chi connectivity index (χ3v) is 1.95. The minimum atomic E-state index is -1.06. The van der Waals surface area contributed by atoms with Crippen LogP contribution in [-0.4, -0.2) is 23.2 Å². The number of fused-ring (bicyclic) bond motifs is 1. The maximum Gasteiger partial charge on any atom is 0.413 e. The van der Waals surface area contributed by atoms with E-state index >= 15 is 0 Å². The van der Waals surface area contributed by atoms with Gasteiger partial charge in [-0.15, -0.1) is 0 Å². The van der Waals surface area contributed by atoms with Crippen molar-refractivity contribution in [2.45, 2.75) is 0 Å². The van der Waals surface area contributed by atoms with Crippen molar-refractivity contribution in [1.29, 1.82) is 0 Å². The smallest absolute Gasteiger partial charge is 0.413 e. The molecule has 0 saturated carbocycles. The summed E-state index contributed by atoms with van der Waals surface area (Å²) in [6, 6.07) is 2.29. The Morgan fingerprint density at radius 3 is 2.94 bits per heavy atom. The summed E-state index contributed by atoms with van der Waals surface area (Å²) in [6.45, 7) is 0. The molecule has 0 saturated heterocycles. The van der Waals surface area contributed by atoms with Crippen LogP contribution in [0.5, 0.6) is 0 Å². The van der Waals surface area contributed by atoms with E-state index in [1.807, 2.05) is 0 Å². The number of halogens is 2. The molecule has 2 N–H and O–H groups in total. The van der Waals surface area contributed by atoms with E-state index in [1.54, 1.807) is 0 Å². The summed E-state index contributed by atoms with van der Waals surface area (Å²) in [4.78, 5) is 17.1. The lowest BCUT2D eigenvalue weighted by Gasteiger charge is -1.96. The van der Waals surface area contributed by atoms with Gasteiger partial charge < -0.3 is 9.72 Å². The maximum atomic E-state index is 13.2. The van der Waals surface area contributed by atoms with Crippen LogP contribution < -0.4 is 5.32 Å². The average Bonchev–Trinajstić information content (AvgIpc) is 2.67.